The average Bonchev–Trinajstić information content (AvgIpc) is 2.96. The molecule has 22 heavy (non-hydrogen) atoms. The van der Waals surface area contributed by atoms with Crippen molar-refractivity contribution in [2.75, 3.05) is 33.7 Å². The lowest BCUT2D eigenvalue weighted by Crippen LogP contribution is -2.46. The van der Waals surface area contributed by atoms with E-state index in [4.69, 9.17) is 0 Å². The van der Waals surface area contributed by atoms with Crippen molar-refractivity contribution in [1.29, 1.82) is 0 Å². The van der Waals surface area contributed by atoms with Gasteiger partial charge in [-0.05, 0) is 50.6 Å². The van der Waals surface area contributed by atoms with E-state index in [1.165, 1.54) is 0 Å². The van der Waals surface area contributed by atoms with Gasteiger partial charge in [-0.2, -0.15) is 0 Å². The van der Waals surface area contributed by atoms with Crippen molar-refractivity contribution in [2.45, 2.75) is 45.1 Å². The van der Waals surface area contributed by atoms with Crippen LogP contribution in [-0.2, 0) is 9.59 Å². The summed E-state index contributed by atoms with van der Waals surface area (Å²) in [4.78, 5) is 28.2. The number of likely N-dealkylation sites (tertiary alicyclic amines) is 1. The molecule has 2 heterocycles. The summed E-state index contributed by atoms with van der Waals surface area (Å²) in [6.07, 6.45) is 4.66. The Hall–Kier alpha value is -0.810. The second-order valence-corrected chi connectivity index (χ2v) is 6.75. The molecular weight excluding hydrogens is 302 g/mol. The Labute approximate surface area is 140 Å². The van der Waals surface area contributed by atoms with Gasteiger partial charge in [-0.15, -0.1) is 12.4 Å². The summed E-state index contributed by atoms with van der Waals surface area (Å²) >= 11 is 0. The van der Waals surface area contributed by atoms with Gasteiger partial charge in [0, 0.05) is 27.1 Å². The van der Waals surface area contributed by atoms with Crippen molar-refractivity contribution in [3.8, 4) is 0 Å². The maximum Gasteiger partial charge on any atom is 0.244 e. The fraction of sp³-hybridized carbons (Fsp3) is 0.875. The second kappa shape index (κ2) is 8.73. The molecule has 0 saturated carbocycles. The fourth-order valence-electron chi connectivity index (χ4n) is 3.59. The largest absolute Gasteiger partial charge is 0.347 e. The minimum absolute atomic E-state index is 0. The van der Waals surface area contributed by atoms with Crippen LogP contribution >= 0.6 is 12.4 Å². The first-order valence-corrected chi connectivity index (χ1v) is 8.22. The molecule has 2 saturated heterocycles. The molecule has 128 valence electrons. The van der Waals surface area contributed by atoms with Gasteiger partial charge in [0.25, 0.3) is 0 Å². The molecule has 0 radical (unpaired) electrons. The third-order valence-corrected chi connectivity index (χ3v) is 4.98. The first-order chi connectivity index (χ1) is 10.0. The van der Waals surface area contributed by atoms with Gasteiger partial charge in [-0.25, -0.2) is 0 Å². The number of hydrogen-bond donors (Lipinski definition) is 1. The van der Waals surface area contributed by atoms with Crippen molar-refractivity contribution in [3.63, 3.8) is 0 Å². The van der Waals surface area contributed by atoms with E-state index in [-0.39, 0.29) is 30.3 Å². The molecule has 5 nitrogen and oxygen atoms in total. The predicted octanol–water partition coefficient (Wildman–Crippen LogP) is 1.51. The molecule has 6 heteroatoms. The van der Waals surface area contributed by atoms with E-state index >= 15 is 0 Å². The molecule has 2 amide bonds. The maximum absolute atomic E-state index is 12.6. The third kappa shape index (κ3) is 4.59. The Bertz CT molecular complexity index is 384. The molecule has 0 bridgehead atoms. The maximum atomic E-state index is 12.6. The Kier molecular flexibility index (Phi) is 7.63. The van der Waals surface area contributed by atoms with Crippen LogP contribution in [0.4, 0.5) is 0 Å². The van der Waals surface area contributed by atoms with Crippen molar-refractivity contribution < 1.29 is 9.59 Å². The van der Waals surface area contributed by atoms with E-state index in [1.807, 2.05) is 4.90 Å². The summed E-state index contributed by atoms with van der Waals surface area (Å²) in [6.45, 7) is 5.05. The van der Waals surface area contributed by atoms with Crippen LogP contribution in [-0.4, -0.2) is 61.4 Å². The fourth-order valence-corrected chi connectivity index (χ4v) is 3.59. The van der Waals surface area contributed by atoms with Gasteiger partial charge in [0.1, 0.15) is 6.04 Å². The van der Waals surface area contributed by atoms with Crippen LogP contribution in [0.3, 0.4) is 0 Å². The Morgan fingerprint density at radius 2 is 1.86 bits per heavy atom. The molecule has 2 aliphatic rings. The minimum Gasteiger partial charge on any atom is -0.347 e. The molecule has 0 aromatic heterocycles. The lowest BCUT2D eigenvalue weighted by atomic mass is 9.84. The summed E-state index contributed by atoms with van der Waals surface area (Å²) in [5.74, 6) is 1.28. The summed E-state index contributed by atoms with van der Waals surface area (Å²) in [6, 6.07) is -0.229. The van der Waals surface area contributed by atoms with Crippen molar-refractivity contribution >= 4 is 24.2 Å². The van der Waals surface area contributed by atoms with Gasteiger partial charge in [0.15, 0.2) is 0 Å². The highest BCUT2D eigenvalue weighted by Gasteiger charge is 2.35. The first kappa shape index (κ1) is 19.2. The summed E-state index contributed by atoms with van der Waals surface area (Å²) in [7, 11) is 3.53. The SMILES string of the molecule is CC(CC(=O)N1CCCC1C(=O)N(C)C)C1CCNCC1.Cl. The van der Waals surface area contributed by atoms with E-state index in [1.54, 1.807) is 19.0 Å². The molecule has 1 N–H and O–H groups in total. The van der Waals surface area contributed by atoms with Gasteiger partial charge in [0.2, 0.25) is 11.8 Å². The average molecular weight is 332 g/mol. The van der Waals surface area contributed by atoms with Gasteiger partial charge >= 0.3 is 0 Å². The highest BCUT2D eigenvalue weighted by atomic mass is 35.5. The van der Waals surface area contributed by atoms with Crippen LogP contribution in [0.2, 0.25) is 0 Å². The van der Waals surface area contributed by atoms with Crippen molar-refractivity contribution in [1.82, 2.24) is 15.1 Å². The summed E-state index contributed by atoms with van der Waals surface area (Å²) < 4.78 is 0. The molecule has 2 atom stereocenters. The Morgan fingerprint density at radius 3 is 2.45 bits per heavy atom. The molecular formula is C16H30ClN3O2. The van der Waals surface area contributed by atoms with Crippen LogP contribution in [0.5, 0.6) is 0 Å². The Balaban J connectivity index is 0.00000242. The number of halogens is 1. The highest BCUT2D eigenvalue weighted by Crippen LogP contribution is 2.27. The summed E-state index contributed by atoms with van der Waals surface area (Å²) in [5, 5.41) is 3.37. The molecule has 2 unspecified atom stereocenters. The number of hydrogen-bond acceptors (Lipinski definition) is 3. The number of amides is 2. The van der Waals surface area contributed by atoms with Crippen LogP contribution in [0.15, 0.2) is 0 Å². The first-order valence-electron chi connectivity index (χ1n) is 8.22. The third-order valence-electron chi connectivity index (χ3n) is 4.98. The van der Waals surface area contributed by atoms with E-state index in [0.717, 1.165) is 45.3 Å². The number of rotatable bonds is 4. The highest BCUT2D eigenvalue weighted by molar-refractivity contribution is 5.88. The van der Waals surface area contributed by atoms with Crippen LogP contribution in [0.1, 0.15) is 39.0 Å². The smallest absolute Gasteiger partial charge is 0.244 e. The van der Waals surface area contributed by atoms with E-state index in [0.29, 0.717) is 18.3 Å². The molecule has 2 rings (SSSR count). The lowest BCUT2D eigenvalue weighted by Gasteiger charge is -2.31. The molecule has 2 fully saturated rings. The molecule has 2 aliphatic heterocycles. The quantitative estimate of drug-likeness (QED) is 0.849. The zero-order valence-corrected chi connectivity index (χ0v) is 14.8. The number of piperidine rings is 1. The standard InChI is InChI=1S/C16H29N3O2.ClH/c1-12(13-6-8-17-9-7-13)11-15(20)19-10-4-5-14(19)16(21)18(2)3;/h12-14,17H,4-11H2,1-3H3;1H. The normalized spacial score (nSPS) is 23.8. The van der Waals surface area contributed by atoms with E-state index < -0.39 is 0 Å². The van der Waals surface area contributed by atoms with Gasteiger partial charge in [-0.3, -0.25) is 9.59 Å². The minimum atomic E-state index is -0.229. The van der Waals surface area contributed by atoms with Gasteiger partial charge in [-0.1, -0.05) is 6.92 Å². The molecule has 0 aromatic carbocycles. The van der Waals surface area contributed by atoms with Gasteiger partial charge < -0.3 is 15.1 Å². The monoisotopic (exact) mass is 331 g/mol. The Morgan fingerprint density at radius 1 is 1.23 bits per heavy atom. The molecule has 0 aliphatic carbocycles. The van der Waals surface area contributed by atoms with Crippen molar-refractivity contribution in [2.24, 2.45) is 11.8 Å². The van der Waals surface area contributed by atoms with Crippen LogP contribution in [0.25, 0.3) is 0 Å². The van der Waals surface area contributed by atoms with Crippen LogP contribution < -0.4 is 5.32 Å². The number of likely N-dealkylation sites (N-methyl/N-ethyl adjacent to an activating group) is 1. The van der Waals surface area contributed by atoms with Crippen LogP contribution in [0, 0.1) is 11.8 Å². The van der Waals surface area contributed by atoms with Gasteiger partial charge in [0.05, 0.1) is 0 Å². The molecule has 0 spiro atoms. The topological polar surface area (TPSA) is 52.7 Å². The zero-order valence-electron chi connectivity index (χ0n) is 14.0. The number of carbonyl (C=O) groups excluding carboxylic acids is 2. The molecule has 0 aromatic rings. The van der Waals surface area contributed by atoms with E-state index in [2.05, 4.69) is 12.2 Å². The number of nitrogens with zero attached hydrogens (tertiary/aromatic N) is 2. The summed E-state index contributed by atoms with van der Waals surface area (Å²) in [5.41, 5.74) is 0. The van der Waals surface area contributed by atoms with E-state index in [9.17, 15) is 9.59 Å². The number of nitrogens with one attached hydrogen (secondary N) is 1. The zero-order chi connectivity index (χ0) is 15.4. The second-order valence-electron chi connectivity index (χ2n) is 6.75. The predicted molar refractivity (Wildman–Crippen MR) is 90.1 cm³/mol. The number of carbonyl (C=O) groups is 2. The van der Waals surface area contributed by atoms with Crippen molar-refractivity contribution in [3.05, 3.63) is 0 Å². The lowest BCUT2D eigenvalue weighted by molar-refractivity contribution is -0.143.